The van der Waals surface area contributed by atoms with Gasteiger partial charge in [0.2, 0.25) is 5.91 Å². The van der Waals surface area contributed by atoms with Crippen molar-refractivity contribution >= 4 is 27.3 Å². The number of nitrogens with one attached hydrogen (secondary N) is 1. The van der Waals surface area contributed by atoms with E-state index in [0.717, 1.165) is 37.0 Å². The first-order chi connectivity index (χ1) is 11.2. The van der Waals surface area contributed by atoms with E-state index >= 15 is 0 Å². The van der Waals surface area contributed by atoms with Crippen molar-refractivity contribution in [3.05, 3.63) is 35.2 Å². The molecule has 2 aromatic rings. The van der Waals surface area contributed by atoms with Crippen molar-refractivity contribution in [3.8, 4) is 0 Å². The summed E-state index contributed by atoms with van der Waals surface area (Å²) in [5.41, 5.74) is 1.24. The zero-order chi connectivity index (χ0) is 15.4. The maximum atomic E-state index is 13.0. The molecule has 1 N–H and O–H groups in total. The molecular formula is C20H23NOS. The number of benzene rings is 1. The third-order valence-electron chi connectivity index (χ3n) is 6.52. The lowest BCUT2D eigenvalue weighted by Crippen LogP contribution is -2.53. The summed E-state index contributed by atoms with van der Waals surface area (Å²) in [5.74, 6) is 2.82. The van der Waals surface area contributed by atoms with Gasteiger partial charge < -0.3 is 5.32 Å². The zero-order valence-corrected chi connectivity index (χ0v) is 14.2. The number of hydrogen-bond donors (Lipinski definition) is 1. The van der Waals surface area contributed by atoms with Gasteiger partial charge in [0.1, 0.15) is 0 Å². The summed E-state index contributed by atoms with van der Waals surface area (Å²) >= 11 is 1.77. The smallest absolute Gasteiger partial charge is 0.226 e. The lowest BCUT2D eigenvalue weighted by molar-refractivity contribution is -0.146. The monoisotopic (exact) mass is 325 g/mol. The molecule has 4 fully saturated rings. The van der Waals surface area contributed by atoms with Crippen molar-refractivity contribution in [2.45, 2.75) is 45.1 Å². The summed E-state index contributed by atoms with van der Waals surface area (Å²) in [6.45, 7) is 0.685. The van der Waals surface area contributed by atoms with Gasteiger partial charge in [-0.25, -0.2) is 0 Å². The van der Waals surface area contributed by atoms with Crippen LogP contribution in [0.2, 0.25) is 0 Å². The standard InChI is InChI=1S/C20H23NOS/c22-19(20-8-13-5-14(9-20)7-15(6-13)10-20)21-11-16-12-23-18-4-2-1-3-17(16)18/h1-4,12-15H,5-11H2,(H,21,22). The lowest BCUT2D eigenvalue weighted by atomic mass is 9.49. The van der Waals surface area contributed by atoms with Crippen LogP contribution in [0, 0.1) is 23.2 Å². The molecule has 1 aromatic heterocycles. The third kappa shape index (κ3) is 2.24. The summed E-state index contributed by atoms with van der Waals surface area (Å²) in [4.78, 5) is 13.0. The van der Waals surface area contributed by atoms with Crippen molar-refractivity contribution in [2.75, 3.05) is 0 Å². The summed E-state index contributed by atoms with van der Waals surface area (Å²) in [5, 5.41) is 6.80. The predicted octanol–water partition coefficient (Wildman–Crippen LogP) is 4.73. The molecule has 4 aliphatic rings. The molecule has 4 saturated carbocycles. The van der Waals surface area contributed by atoms with E-state index in [0.29, 0.717) is 12.5 Å². The Morgan fingerprint density at radius 3 is 2.43 bits per heavy atom. The molecule has 0 aliphatic heterocycles. The fourth-order valence-electron chi connectivity index (χ4n) is 5.92. The maximum absolute atomic E-state index is 13.0. The van der Waals surface area contributed by atoms with Gasteiger partial charge in [0.25, 0.3) is 0 Å². The second-order valence-corrected chi connectivity index (χ2v) is 9.05. The molecule has 4 aliphatic carbocycles. The van der Waals surface area contributed by atoms with Gasteiger partial charge in [-0.3, -0.25) is 4.79 Å². The Balaban J connectivity index is 1.34. The molecular weight excluding hydrogens is 302 g/mol. The molecule has 120 valence electrons. The highest BCUT2D eigenvalue weighted by Crippen LogP contribution is 2.60. The molecule has 0 atom stereocenters. The topological polar surface area (TPSA) is 29.1 Å². The molecule has 1 aromatic carbocycles. The Kier molecular flexibility index (Phi) is 3.09. The SMILES string of the molecule is O=C(NCc1csc2ccccc12)C12CC3CC(CC(C3)C1)C2. The first kappa shape index (κ1) is 14.0. The highest BCUT2D eigenvalue weighted by Gasteiger charge is 2.54. The van der Waals surface area contributed by atoms with E-state index in [9.17, 15) is 4.79 Å². The molecule has 2 nitrogen and oxygen atoms in total. The van der Waals surface area contributed by atoms with Crippen LogP contribution in [-0.4, -0.2) is 5.91 Å². The minimum atomic E-state index is -0.0272. The number of carbonyl (C=O) groups is 1. The minimum Gasteiger partial charge on any atom is -0.351 e. The summed E-state index contributed by atoms with van der Waals surface area (Å²) in [6, 6.07) is 8.48. The Morgan fingerprint density at radius 2 is 1.74 bits per heavy atom. The van der Waals surface area contributed by atoms with Crippen molar-refractivity contribution in [1.82, 2.24) is 5.32 Å². The lowest BCUT2D eigenvalue weighted by Gasteiger charge is -2.55. The van der Waals surface area contributed by atoms with Crippen LogP contribution in [0.25, 0.3) is 10.1 Å². The molecule has 4 bridgehead atoms. The summed E-state index contributed by atoms with van der Waals surface area (Å²) in [7, 11) is 0. The van der Waals surface area contributed by atoms with Gasteiger partial charge in [0.05, 0.1) is 0 Å². The number of rotatable bonds is 3. The van der Waals surface area contributed by atoms with E-state index in [1.807, 2.05) is 0 Å². The number of fused-ring (bicyclic) bond motifs is 1. The van der Waals surface area contributed by atoms with Crippen LogP contribution in [0.3, 0.4) is 0 Å². The van der Waals surface area contributed by atoms with Crippen molar-refractivity contribution in [2.24, 2.45) is 23.2 Å². The van der Waals surface area contributed by atoms with Crippen molar-refractivity contribution in [1.29, 1.82) is 0 Å². The van der Waals surface area contributed by atoms with Gasteiger partial charge in [-0.05, 0) is 78.7 Å². The van der Waals surface area contributed by atoms with Gasteiger partial charge in [-0.1, -0.05) is 18.2 Å². The van der Waals surface area contributed by atoms with Crippen LogP contribution < -0.4 is 5.32 Å². The average Bonchev–Trinajstić information content (AvgIpc) is 2.94. The Hall–Kier alpha value is -1.35. The van der Waals surface area contributed by atoms with E-state index in [-0.39, 0.29) is 5.41 Å². The molecule has 1 amide bonds. The van der Waals surface area contributed by atoms with Crippen LogP contribution in [-0.2, 0) is 11.3 Å². The normalized spacial score (nSPS) is 34.9. The Bertz CT molecular complexity index is 727. The third-order valence-corrected chi connectivity index (χ3v) is 7.53. The van der Waals surface area contributed by atoms with E-state index in [4.69, 9.17) is 0 Å². The van der Waals surface area contributed by atoms with E-state index in [1.54, 1.807) is 11.3 Å². The van der Waals surface area contributed by atoms with E-state index in [2.05, 4.69) is 35.0 Å². The Labute approximate surface area is 141 Å². The molecule has 0 unspecified atom stereocenters. The summed E-state index contributed by atoms with van der Waals surface area (Å²) in [6.07, 6.45) is 7.62. The van der Waals surface area contributed by atoms with Gasteiger partial charge in [0, 0.05) is 16.7 Å². The van der Waals surface area contributed by atoms with Crippen LogP contribution >= 0.6 is 11.3 Å². The second kappa shape index (κ2) is 5.07. The highest BCUT2D eigenvalue weighted by molar-refractivity contribution is 7.17. The number of amides is 1. The average molecular weight is 325 g/mol. The molecule has 6 rings (SSSR count). The highest BCUT2D eigenvalue weighted by atomic mass is 32.1. The van der Waals surface area contributed by atoms with Gasteiger partial charge in [0.15, 0.2) is 0 Å². The van der Waals surface area contributed by atoms with Crippen LogP contribution in [0.4, 0.5) is 0 Å². The molecule has 3 heteroatoms. The predicted molar refractivity (Wildman–Crippen MR) is 94.3 cm³/mol. The van der Waals surface area contributed by atoms with Crippen LogP contribution in [0.15, 0.2) is 29.6 Å². The number of carbonyl (C=O) groups excluding carboxylic acids is 1. The number of hydrogen-bond acceptors (Lipinski definition) is 2. The van der Waals surface area contributed by atoms with E-state index in [1.165, 1.54) is 34.9 Å². The van der Waals surface area contributed by atoms with Crippen molar-refractivity contribution < 1.29 is 4.79 Å². The van der Waals surface area contributed by atoms with Gasteiger partial charge in [-0.15, -0.1) is 11.3 Å². The van der Waals surface area contributed by atoms with Crippen LogP contribution in [0.1, 0.15) is 44.1 Å². The van der Waals surface area contributed by atoms with Crippen LogP contribution in [0.5, 0.6) is 0 Å². The first-order valence-electron chi connectivity index (χ1n) is 8.95. The summed E-state index contributed by atoms with van der Waals surface area (Å²) < 4.78 is 1.31. The molecule has 0 spiro atoms. The molecule has 0 saturated heterocycles. The maximum Gasteiger partial charge on any atom is 0.226 e. The number of thiophene rings is 1. The molecule has 0 radical (unpaired) electrons. The minimum absolute atomic E-state index is 0.0272. The van der Waals surface area contributed by atoms with Crippen molar-refractivity contribution in [3.63, 3.8) is 0 Å². The largest absolute Gasteiger partial charge is 0.351 e. The molecule has 1 heterocycles. The van der Waals surface area contributed by atoms with E-state index < -0.39 is 0 Å². The fraction of sp³-hybridized carbons (Fsp3) is 0.550. The first-order valence-corrected chi connectivity index (χ1v) is 9.83. The quantitative estimate of drug-likeness (QED) is 0.868. The van der Waals surface area contributed by atoms with Gasteiger partial charge >= 0.3 is 0 Å². The fourth-order valence-corrected chi connectivity index (χ4v) is 6.88. The van der Waals surface area contributed by atoms with Gasteiger partial charge in [-0.2, -0.15) is 0 Å². The zero-order valence-electron chi connectivity index (χ0n) is 13.4. The Morgan fingerprint density at radius 1 is 1.09 bits per heavy atom. The molecule has 23 heavy (non-hydrogen) atoms. The second-order valence-electron chi connectivity index (χ2n) is 8.14.